The molecule has 0 N–H and O–H groups in total. The number of nitrogens with zero attached hydrogens (tertiary/aromatic N) is 4. The van der Waals surface area contributed by atoms with Crippen LogP contribution < -0.4 is 4.31 Å². The minimum atomic E-state index is -3.77. The highest BCUT2D eigenvalue weighted by atomic mass is 32.2. The molecule has 3 aromatic heterocycles. The van der Waals surface area contributed by atoms with Crippen molar-refractivity contribution in [3.63, 3.8) is 0 Å². The molecule has 0 bridgehead atoms. The molecule has 0 aliphatic rings. The molecule has 6 nitrogen and oxygen atoms in total. The zero-order chi connectivity index (χ0) is 18.0. The summed E-state index contributed by atoms with van der Waals surface area (Å²) in [5.41, 5.74) is 2.13. The van der Waals surface area contributed by atoms with E-state index >= 15 is 0 Å². The van der Waals surface area contributed by atoms with Gasteiger partial charge in [-0.1, -0.05) is 24.3 Å². The molecule has 4 aromatic rings. The second kappa shape index (κ2) is 6.61. The number of aromatic nitrogens is 3. The first-order valence-corrected chi connectivity index (χ1v) is 9.49. The Labute approximate surface area is 151 Å². The fraction of sp³-hybridized carbons (Fsp3) is 0.0526. The molecule has 0 atom stereocenters. The summed E-state index contributed by atoms with van der Waals surface area (Å²) in [6.07, 6.45) is 6.48. The van der Waals surface area contributed by atoms with Crippen LogP contribution in [0.25, 0.3) is 5.65 Å². The highest BCUT2D eigenvalue weighted by Gasteiger charge is 2.26. The van der Waals surface area contributed by atoms with E-state index in [1.54, 1.807) is 36.7 Å². The van der Waals surface area contributed by atoms with E-state index in [9.17, 15) is 8.42 Å². The Kier molecular flexibility index (Phi) is 4.14. The minimum Gasteiger partial charge on any atom is -0.302 e. The van der Waals surface area contributed by atoms with Crippen molar-refractivity contribution in [3.8, 4) is 0 Å². The molecular formula is C19H16N4O2S. The van der Waals surface area contributed by atoms with E-state index in [2.05, 4.69) is 9.97 Å². The summed E-state index contributed by atoms with van der Waals surface area (Å²) in [6.45, 7) is 0.159. The van der Waals surface area contributed by atoms with Crippen LogP contribution in [0.15, 0.2) is 90.3 Å². The number of sulfonamides is 1. The van der Waals surface area contributed by atoms with Crippen molar-refractivity contribution in [2.45, 2.75) is 11.4 Å². The van der Waals surface area contributed by atoms with E-state index in [0.717, 1.165) is 11.3 Å². The van der Waals surface area contributed by atoms with E-state index in [0.29, 0.717) is 5.69 Å². The first-order valence-electron chi connectivity index (χ1n) is 8.05. The lowest BCUT2D eigenvalue weighted by Gasteiger charge is -2.24. The average Bonchev–Trinajstić information content (AvgIpc) is 3.10. The van der Waals surface area contributed by atoms with Crippen molar-refractivity contribution in [1.82, 2.24) is 14.4 Å². The molecule has 0 saturated heterocycles. The quantitative estimate of drug-likeness (QED) is 0.546. The van der Waals surface area contributed by atoms with E-state index in [-0.39, 0.29) is 11.4 Å². The number of hydrogen-bond acceptors (Lipinski definition) is 4. The highest BCUT2D eigenvalue weighted by molar-refractivity contribution is 7.92. The maximum Gasteiger partial charge on any atom is 0.266 e. The van der Waals surface area contributed by atoms with Crippen LogP contribution in [0.4, 0.5) is 5.69 Å². The maximum absolute atomic E-state index is 13.3. The molecule has 0 saturated carbocycles. The van der Waals surface area contributed by atoms with E-state index in [4.69, 9.17) is 0 Å². The van der Waals surface area contributed by atoms with E-state index < -0.39 is 10.0 Å². The van der Waals surface area contributed by atoms with Gasteiger partial charge in [-0.05, 0) is 36.4 Å². The molecule has 3 heterocycles. The van der Waals surface area contributed by atoms with Crippen molar-refractivity contribution >= 4 is 21.4 Å². The van der Waals surface area contributed by atoms with Gasteiger partial charge in [0.2, 0.25) is 0 Å². The molecule has 130 valence electrons. The monoisotopic (exact) mass is 364 g/mol. The van der Waals surface area contributed by atoms with Gasteiger partial charge in [-0.2, -0.15) is 0 Å². The summed E-state index contributed by atoms with van der Waals surface area (Å²) in [4.78, 5) is 8.45. The predicted molar refractivity (Wildman–Crippen MR) is 99.2 cm³/mol. The number of benzene rings is 1. The molecule has 0 fully saturated rings. The van der Waals surface area contributed by atoms with Gasteiger partial charge in [-0.3, -0.25) is 9.29 Å². The van der Waals surface area contributed by atoms with Gasteiger partial charge in [0.15, 0.2) is 0 Å². The van der Waals surface area contributed by atoms with Gasteiger partial charge in [0.05, 0.1) is 24.1 Å². The third-order valence-corrected chi connectivity index (χ3v) is 5.82. The largest absolute Gasteiger partial charge is 0.302 e. The zero-order valence-electron chi connectivity index (χ0n) is 13.8. The van der Waals surface area contributed by atoms with Crippen molar-refractivity contribution in [3.05, 3.63) is 91.1 Å². The van der Waals surface area contributed by atoms with Crippen molar-refractivity contribution in [1.29, 1.82) is 0 Å². The Morgan fingerprint density at radius 1 is 0.923 bits per heavy atom. The smallest absolute Gasteiger partial charge is 0.266 e. The third kappa shape index (κ3) is 2.93. The number of pyridine rings is 2. The average molecular weight is 364 g/mol. The Morgan fingerprint density at radius 3 is 2.50 bits per heavy atom. The predicted octanol–water partition coefficient (Wildman–Crippen LogP) is 3.12. The Bertz CT molecular complexity index is 1130. The lowest BCUT2D eigenvalue weighted by Crippen LogP contribution is -2.31. The van der Waals surface area contributed by atoms with E-state index in [1.807, 2.05) is 47.0 Å². The summed E-state index contributed by atoms with van der Waals surface area (Å²) in [5, 5.41) is 0. The molecule has 0 spiro atoms. The first kappa shape index (κ1) is 16.3. The first-order chi connectivity index (χ1) is 12.7. The van der Waals surface area contributed by atoms with Gasteiger partial charge in [-0.15, -0.1) is 0 Å². The van der Waals surface area contributed by atoms with Crippen LogP contribution in [0.1, 0.15) is 5.69 Å². The van der Waals surface area contributed by atoms with E-state index in [1.165, 1.54) is 10.5 Å². The van der Waals surface area contributed by atoms with Crippen molar-refractivity contribution in [2.24, 2.45) is 0 Å². The second-order valence-electron chi connectivity index (χ2n) is 5.71. The van der Waals surface area contributed by atoms with Gasteiger partial charge >= 0.3 is 0 Å². The lowest BCUT2D eigenvalue weighted by atomic mass is 10.3. The van der Waals surface area contributed by atoms with Crippen molar-refractivity contribution in [2.75, 3.05) is 4.31 Å². The summed E-state index contributed by atoms with van der Waals surface area (Å²) in [6, 6.07) is 17.9. The Hall–Kier alpha value is -3.19. The summed E-state index contributed by atoms with van der Waals surface area (Å²) >= 11 is 0. The van der Waals surface area contributed by atoms with Crippen LogP contribution in [0.5, 0.6) is 0 Å². The van der Waals surface area contributed by atoms with Gasteiger partial charge < -0.3 is 4.40 Å². The van der Waals surface area contributed by atoms with Crippen LogP contribution in [-0.4, -0.2) is 22.8 Å². The molecule has 0 aliphatic heterocycles. The van der Waals surface area contributed by atoms with Gasteiger partial charge in [0.25, 0.3) is 10.0 Å². The number of rotatable bonds is 5. The summed E-state index contributed by atoms with van der Waals surface area (Å²) in [5.74, 6) is 0. The number of imidazole rings is 1. The van der Waals surface area contributed by atoms with Gasteiger partial charge in [0, 0.05) is 18.6 Å². The number of hydrogen-bond donors (Lipinski definition) is 0. The van der Waals surface area contributed by atoms with Gasteiger partial charge in [-0.25, -0.2) is 13.4 Å². The van der Waals surface area contributed by atoms with Crippen LogP contribution in [0.2, 0.25) is 0 Å². The van der Waals surface area contributed by atoms with Crippen LogP contribution in [-0.2, 0) is 16.6 Å². The molecule has 1 aromatic carbocycles. The summed E-state index contributed by atoms with van der Waals surface area (Å²) < 4.78 is 29.8. The number of anilines is 1. The Morgan fingerprint density at radius 2 is 1.73 bits per heavy atom. The SMILES string of the molecule is O=S(=O)(c1cccnc1)N(Cc1cnc2ccccn12)c1ccccc1. The molecule has 0 amide bonds. The number of fused-ring (bicyclic) bond motifs is 1. The standard InChI is InChI=1S/C19H16N4O2S/c24-26(25,18-9-6-11-20-14-18)23(16-7-2-1-3-8-16)15-17-13-21-19-10-4-5-12-22(17)19/h1-14H,15H2. The van der Waals surface area contributed by atoms with Crippen LogP contribution in [0, 0.1) is 0 Å². The fourth-order valence-corrected chi connectivity index (χ4v) is 4.19. The normalized spacial score (nSPS) is 11.5. The summed E-state index contributed by atoms with van der Waals surface area (Å²) in [7, 11) is -3.77. The molecule has 4 rings (SSSR count). The molecular weight excluding hydrogens is 348 g/mol. The molecule has 0 aliphatic carbocycles. The topological polar surface area (TPSA) is 67.6 Å². The van der Waals surface area contributed by atoms with Crippen LogP contribution in [0.3, 0.4) is 0 Å². The van der Waals surface area contributed by atoms with Gasteiger partial charge in [0.1, 0.15) is 10.5 Å². The molecule has 7 heteroatoms. The lowest BCUT2D eigenvalue weighted by molar-refractivity contribution is 0.589. The fourth-order valence-electron chi connectivity index (χ4n) is 2.79. The minimum absolute atomic E-state index is 0.151. The van der Waals surface area contributed by atoms with Crippen molar-refractivity contribution < 1.29 is 8.42 Å². The zero-order valence-corrected chi connectivity index (χ0v) is 14.6. The molecule has 26 heavy (non-hydrogen) atoms. The molecule has 0 unspecified atom stereocenters. The molecule has 0 radical (unpaired) electrons. The number of para-hydroxylation sites is 1. The highest BCUT2D eigenvalue weighted by Crippen LogP contribution is 2.25. The van der Waals surface area contributed by atoms with Crippen LogP contribution >= 0.6 is 0 Å². The Balaban J connectivity index is 1.82. The third-order valence-electron chi connectivity index (χ3n) is 4.07. The maximum atomic E-state index is 13.3. The second-order valence-corrected chi connectivity index (χ2v) is 7.58.